The zero-order chi connectivity index (χ0) is 13.2. The van der Waals surface area contributed by atoms with Crippen molar-refractivity contribution in [1.29, 1.82) is 0 Å². The summed E-state index contributed by atoms with van der Waals surface area (Å²) in [6, 6.07) is 10.3. The molecule has 0 amide bonds. The van der Waals surface area contributed by atoms with E-state index in [-0.39, 0.29) is 5.82 Å². The second kappa shape index (κ2) is 4.78. The normalized spacial score (nSPS) is 11.1. The van der Waals surface area contributed by atoms with Gasteiger partial charge in [-0.3, -0.25) is 4.57 Å². The zero-order valence-corrected chi connectivity index (χ0v) is 10.3. The van der Waals surface area contributed by atoms with E-state index in [2.05, 4.69) is 9.97 Å². The molecule has 0 saturated heterocycles. The average molecular weight is 256 g/mol. The lowest BCUT2D eigenvalue weighted by Crippen LogP contribution is -2.10. The Morgan fingerprint density at radius 1 is 1.16 bits per heavy atom. The minimum Gasteiger partial charge on any atom is -0.330 e. The molecular weight excluding hydrogens is 243 g/mol. The summed E-state index contributed by atoms with van der Waals surface area (Å²) in [6.45, 7) is 0.456. The molecule has 3 aromatic rings. The van der Waals surface area contributed by atoms with Crippen LogP contribution in [0, 0.1) is 5.82 Å². The van der Waals surface area contributed by atoms with Gasteiger partial charge in [0.05, 0.1) is 5.69 Å². The van der Waals surface area contributed by atoms with Gasteiger partial charge < -0.3 is 5.73 Å². The van der Waals surface area contributed by atoms with Gasteiger partial charge in [0.25, 0.3) is 0 Å². The van der Waals surface area contributed by atoms with Crippen molar-refractivity contribution in [3.8, 4) is 5.69 Å². The average Bonchev–Trinajstić information content (AvgIpc) is 2.78. The molecule has 4 nitrogen and oxygen atoms in total. The molecule has 0 aliphatic heterocycles. The van der Waals surface area contributed by atoms with Crippen LogP contribution in [0.5, 0.6) is 0 Å². The molecule has 0 aliphatic carbocycles. The molecule has 0 aliphatic rings. The number of aromatic nitrogens is 3. The van der Waals surface area contributed by atoms with Crippen molar-refractivity contribution < 1.29 is 4.39 Å². The van der Waals surface area contributed by atoms with Gasteiger partial charge in [0.15, 0.2) is 5.65 Å². The van der Waals surface area contributed by atoms with Gasteiger partial charge in [-0.05, 0) is 30.8 Å². The molecule has 0 saturated carbocycles. The van der Waals surface area contributed by atoms with Crippen LogP contribution < -0.4 is 5.73 Å². The molecule has 2 heterocycles. The van der Waals surface area contributed by atoms with Crippen LogP contribution in [0.3, 0.4) is 0 Å². The van der Waals surface area contributed by atoms with Crippen molar-refractivity contribution in [2.24, 2.45) is 5.73 Å². The predicted octanol–water partition coefficient (Wildman–Crippen LogP) is 2.06. The zero-order valence-electron chi connectivity index (χ0n) is 10.3. The molecule has 1 aromatic carbocycles. The summed E-state index contributed by atoms with van der Waals surface area (Å²) in [6.07, 6.45) is 2.25. The minimum atomic E-state index is -0.300. The molecule has 0 atom stereocenters. The lowest BCUT2D eigenvalue weighted by atomic mass is 10.3. The van der Waals surface area contributed by atoms with Crippen molar-refractivity contribution in [2.45, 2.75) is 6.42 Å². The van der Waals surface area contributed by atoms with E-state index in [9.17, 15) is 4.39 Å². The molecule has 0 radical (unpaired) electrons. The second-order valence-electron chi connectivity index (χ2n) is 4.20. The third kappa shape index (κ3) is 1.98. The number of hydrogen-bond donors (Lipinski definition) is 1. The van der Waals surface area contributed by atoms with Crippen LogP contribution in [-0.2, 0) is 6.42 Å². The van der Waals surface area contributed by atoms with Gasteiger partial charge >= 0.3 is 0 Å². The molecule has 3 rings (SSSR count). The third-order valence-electron chi connectivity index (χ3n) is 2.95. The van der Waals surface area contributed by atoms with E-state index in [1.54, 1.807) is 29.0 Å². The van der Waals surface area contributed by atoms with Gasteiger partial charge in [0.2, 0.25) is 0 Å². The number of nitrogens with two attached hydrogens (primary N) is 1. The van der Waals surface area contributed by atoms with Crippen molar-refractivity contribution >= 4 is 11.2 Å². The Labute approximate surface area is 109 Å². The highest BCUT2D eigenvalue weighted by Crippen LogP contribution is 2.21. The molecule has 2 aromatic heterocycles. The highest BCUT2D eigenvalue weighted by atomic mass is 19.1. The van der Waals surface area contributed by atoms with E-state index >= 15 is 0 Å². The number of fused-ring (bicyclic) bond motifs is 1. The summed E-state index contributed by atoms with van der Waals surface area (Å²) < 4.78 is 15.7. The molecule has 0 spiro atoms. The fourth-order valence-corrected chi connectivity index (χ4v) is 2.14. The first-order chi connectivity index (χ1) is 9.31. The fraction of sp³-hybridized carbons (Fsp3) is 0.143. The topological polar surface area (TPSA) is 56.7 Å². The maximum Gasteiger partial charge on any atom is 0.164 e. The highest BCUT2D eigenvalue weighted by molar-refractivity contribution is 5.73. The highest BCUT2D eigenvalue weighted by Gasteiger charge is 2.14. The Balaban J connectivity index is 2.31. The lowest BCUT2D eigenvalue weighted by Gasteiger charge is -2.08. The molecule has 96 valence electrons. The third-order valence-corrected chi connectivity index (χ3v) is 2.95. The molecule has 0 fully saturated rings. The maximum absolute atomic E-state index is 14.0. The van der Waals surface area contributed by atoms with Gasteiger partial charge in [-0.1, -0.05) is 12.1 Å². The smallest absolute Gasteiger partial charge is 0.164 e. The summed E-state index contributed by atoms with van der Waals surface area (Å²) >= 11 is 0. The first-order valence-electron chi connectivity index (χ1n) is 6.08. The Morgan fingerprint density at radius 3 is 2.79 bits per heavy atom. The number of imidazole rings is 1. The lowest BCUT2D eigenvalue weighted by molar-refractivity contribution is 0.616. The molecule has 5 heteroatoms. The molecule has 0 bridgehead atoms. The minimum absolute atomic E-state index is 0.300. The first-order valence-corrected chi connectivity index (χ1v) is 6.08. The van der Waals surface area contributed by atoms with E-state index in [1.165, 1.54) is 6.07 Å². The SMILES string of the molecule is NCCc1nc2cccnc2n1-c1ccccc1F. The molecule has 2 N–H and O–H groups in total. The summed E-state index contributed by atoms with van der Waals surface area (Å²) in [5.74, 6) is 0.423. The van der Waals surface area contributed by atoms with E-state index < -0.39 is 0 Å². The van der Waals surface area contributed by atoms with E-state index in [0.717, 1.165) is 11.3 Å². The van der Waals surface area contributed by atoms with E-state index in [1.807, 2.05) is 12.1 Å². The largest absolute Gasteiger partial charge is 0.330 e. The number of nitrogens with zero attached hydrogens (tertiary/aromatic N) is 3. The van der Waals surface area contributed by atoms with E-state index in [4.69, 9.17) is 5.73 Å². The molecule has 19 heavy (non-hydrogen) atoms. The summed E-state index contributed by atoms with van der Waals surface area (Å²) in [4.78, 5) is 8.77. The Morgan fingerprint density at radius 2 is 2.00 bits per heavy atom. The molecular formula is C14H13FN4. The Kier molecular flexibility index (Phi) is 2.97. The van der Waals surface area contributed by atoms with Crippen molar-refractivity contribution in [3.63, 3.8) is 0 Å². The number of benzene rings is 1. The van der Waals surface area contributed by atoms with Gasteiger partial charge in [0, 0.05) is 12.6 Å². The van der Waals surface area contributed by atoms with Crippen LogP contribution in [0.1, 0.15) is 5.82 Å². The number of pyridine rings is 1. The number of para-hydroxylation sites is 1. The maximum atomic E-state index is 14.0. The fourth-order valence-electron chi connectivity index (χ4n) is 2.14. The standard InChI is InChI=1S/C14H13FN4/c15-10-4-1-2-6-12(10)19-13(7-8-16)18-11-5-3-9-17-14(11)19/h1-6,9H,7-8,16H2. The van der Waals surface area contributed by atoms with E-state index in [0.29, 0.717) is 24.3 Å². The van der Waals surface area contributed by atoms with Gasteiger partial charge in [-0.2, -0.15) is 0 Å². The van der Waals surface area contributed by atoms with Crippen LogP contribution in [0.2, 0.25) is 0 Å². The van der Waals surface area contributed by atoms with Crippen LogP contribution in [0.4, 0.5) is 4.39 Å². The van der Waals surface area contributed by atoms with Crippen molar-refractivity contribution in [1.82, 2.24) is 14.5 Å². The summed E-state index contributed by atoms with van der Waals surface area (Å²) in [7, 11) is 0. The monoisotopic (exact) mass is 256 g/mol. The van der Waals surface area contributed by atoms with Crippen molar-refractivity contribution in [3.05, 3.63) is 54.2 Å². The van der Waals surface area contributed by atoms with Gasteiger partial charge in [0.1, 0.15) is 17.2 Å². The Bertz CT molecular complexity index is 720. The van der Waals surface area contributed by atoms with Crippen molar-refractivity contribution in [2.75, 3.05) is 6.54 Å². The summed E-state index contributed by atoms with van der Waals surface area (Å²) in [5.41, 5.74) is 7.44. The van der Waals surface area contributed by atoms with Crippen LogP contribution in [-0.4, -0.2) is 21.1 Å². The quantitative estimate of drug-likeness (QED) is 0.780. The van der Waals surface area contributed by atoms with Crippen LogP contribution in [0.15, 0.2) is 42.6 Å². The predicted molar refractivity (Wildman–Crippen MR) is 71.6 cm³/mol. The number of hydrogen-bond acceptors (Lipinski definition) is 3. The second-order valence-corrected chi connectivity index (χ2v) is 4.20. The molecule has 0 unspecified atom stereocenters. The van der Waals surface area contributed by atoms with Crippen LogP contribution >= 0.6 is 0 Å². The number of rotatable bonds is 3. The number of halogens is 1. The summed E-state index contributed by atoms with van der Waals surface area (Å²) in [5, 5.41) is 0. The first kappa shape index (κ1) is 11.8. The van der Waals surface area contributed by atoms with Gasteiger partial charge in [-0.15, -0.1) is 0 Å². The van der Waals surface area contributed by atoms with Crippen LogP contribution in [0.25, 0.3) is 16.9 Å². The van der Waals surface area contributed by atoms with Gasteiger partial charge in [-0.25, -0.2) is 14.4 Å². The Hall–Kier alpha value is -2.27.